The summed E-state index contributed by atoms with van der Waals surface area (Å²) >= 11 is 0. The first-order valence-corrected chi connectivity index (χ1v) is 16.8. The fourth-order valence-electron chi connectivity index (χ4n) is 6.01. The van der Waals surface area contributed by atoms with E-state index in [2.05, 4.69) is 43.5 Å². The van der Waals surface area contributed by atoms with Crippen molar-refractivity contribution in [2.75, 3.05) is 61.8 Å². The zero-order chi connectivity index (χ0) is 28.8. The number of fused-ring (bicyclic) bond motifs is 3. The van der Waals surface area contributed by atoms with Crippen LogP contribution in [-0.4, -0.2) is 71.2 Å². The van der Waals surface area contributed by atoms with Crippen LogP contribution < -0.4 is 25.6 Å². The van der Waals surface area contributed by atoms with Gasteiger partial charge < -0.3 is 34.6 Å². The minimum Gasteiger partial charge on any atom is -0.491 e. The summed E-state index contributed by atoms with van der Waals surface area (Å²) in [4.78, 5) is 24.2. The monoisotopic (exact) mass is 584 g/mol. The van der Waals surface area contributed by atoms with E-state index < -0.39 is 7.14 Å². The molecule has 2 aromatic carbocycles. The average Bonchev–Trinajstić information content (AvgIpc) is 3.46. The van der Waals surface area contributed by atoms with Gasteiger partial charge in [-0.1, -0.05) is 0 Å². The van der Waals surface area contributed by atoms with Crippen molar-refractivity contribution in [3.63, 3.8) is 0 Å². The SMILES string of the molecule is Cc1cc(Nc2nc(Nc3ccc4nccnc4c3P(C)(C)=O)c3cc[nH]c3n2)c2c(c1N1CCOCC1)CCCO2. The average molecular weight is 585 g/mol. The number of hydrogen-bond donors (Lipinski definition) is 3. The van der Waals surface area contributed by atoms with Crippen LogP contribution in [0.3, 0.4) is 0 Å². The van der Waals surface area contributed by atoms with Crippen LogP contribution in [0.4, 0.5) is 28.8 Å². The lowest BCUT2D eigenvalue weighted by Crippen LogP contribution is -2.37. The second-order valence-corrected chi connectivity index (χ2v) is 14.2. The van der Waals surface area contributed by atoms with E-state index in [1.54, 1.807) is 25.7 Å². The summed E-state index contributed by atoms with van der Waals surface area (Å²) in [5.74, 6) is 1.85. The van der Waals surface area contributed by atoms with Crippen LogP contribution in [-0.2, 0) is 15.7 Å². The maximum atomic E-state index is 13.5. The van der Waals surface area contributed by atoms with Gasteiger partial charge in [-0.15, -0.1) is 0 Å². The molecule has 1 saturated heterocycles. The number of aromatic amines is 1. The van der Waals surface area contributed by atoms with Crippen LogP contribution in [0.5, 0.6) is 5.75 Å². The van der Waals surface area contributed by atoms with E-state index in [1.165, 1.54) is 16.8 Å². The summed E-state index contributed by atoms with van der Waals surface area (Å²) in [7, 11) is -2.75. The van der Waals surface area contributed by atoms with E-state index in [1.807, 2.05) is 24.4 Å². The van der Waals surface area contributed by atoms with Gasteiger partial charge in [0.25, 0.3) is 0 Å². The highest BCUT2D eigenvalue weighted by Gasteiger charge is 2.26. The van der Waals surface area contributed by atoms with Crippen molar-refractivity contribution < 1.29 is 14.0 Å². The largest absolute Gasteiger partial charge is 0.491 e. The molecule has 0 aliphatic carbocycles. The molecule has 42 heavy (non-hydrogen) atoms. The van der Waals surface area contributed by atoms with Crippen molar-refractivity contribution in [3.8, 4) is 5.75 Å². The molecule has 1 fully saturated rings. The first-order valence-electron chi connectivity index (χ1n) is 14.2. The van der Waals surface area contributed by atoms with E-state index in [4.69, 9.17) is 19.4 Å². The quantitative estimate of drug-likeness (QED) is 0.232. The molecular formula is C30H33N8O3P. The Labute approximate surface area is 243 Å². The van der Waals surface area contributed by atoms with Gasteiger partial charge >= 0.3 is 0 Å². The van der Waals surface area contributed by atoms with Crippen LogP contribution in [0.1, 0.15) is 17.5 Å². The van der Waals surface area contributed by atoms with Gasteiger partial charge in [0.05, 0.1) is 47.4 Å². The summed E-state index contributed by atoms with van der Waals surface area (Å²) in [6, 6.07) is 7.80. The van der Waals surface area contributed by atoms with E-state index in [0.29, 0.717) is 46.0 Å². The van der Waals surface area contributed by atoms with Crippen LogP contribution in [0.15, 0.2) is 42.9 Å². The zero-order valence-corrected chi connectivity index (χ0v) is 24.8. The van der Waals surface area contributed by atoms with E-state index in [9.17, 15) is 4.57 Å². The molecule has 3 N–H and O–H groups in total. The minimum absolute atomic E-state index is 0.417. The maximum Gasteiger partial charge on any atom is 0.231 e. The summed E-state index contributed by atoms with van der Waals surface area (Å²) in [6.07, 6.45) is 7.01. The lowest BCUT2D eigenvalue weighted by atomic mass is 9.97. The van der Waals surface area contributed by atoms with Crippen LogP contribution in [0, 0.1) is 6.92 Å². The normalized spacial score (nSPS) is 15.5. The smallest absolute Gasteiger partial charge is 0.231 e. The van der Waals surface area contributed by atoms with Gasteiger partial charge in [0, 0.05) is 42.9 Å². The maximum absolute atomic E-state index is 13.5. The van der Waals surface area contributed by atoms with Gasteiger partial charge in [0.1, 0.15) is 29.9 Å². The Morgan fingerprint density at radius 3 is 2.67 bits per heavy atom. The third-order valence-corrected chi connectivity index (χ3v) is 9.28. The van der Waals surface area contributed by atoms with Gasteiger partial charge in [-0.3, -0.25) is 9.97 Å². The van der Waals surface area contributed by atoms with Crippen molar-refractivity contribution in [2.45, 2.75) is 19.8 Å². The van der Waals surface area contributed by atoms with E-state index >= 15 is 0 Å². The summed E-state index contributed by atoms with van der Waals surface area (Å²) in [5.41, 5.74) is 7.13. The molecule has 0 unspecified atom stereocenters. The molecular weight excluding hydrogens is 551 g/mol. The Morgan fingerprint density at radius 1 is 1.00 bits per heavy atom. The number of anilines is 5. The van der Waals surface area contributed by atoms with E-state index in [0.717, 1.165) is 56.0 Å². The molecule has 11 nitrogen and oxygen atoms in total. The van der Waals surface area contributed by atoms with Crippen molar-refractivity contribution in [3.05, 3.63) is 54.0 Å². The molecule has 12 heteroatoms. The molecule has 0 radical (unpaired) electrons. The number of rotatable bonds is 6. The second kappa shape index (κ2) is 10.6. The number of H-pyrrole nitrogens is 1. The molecule has 5 aromatic rings. The Balaban J connectivity index is 1.30. The minimum atomic E-state index is -2.75. The fraction of sp³-hybridized carbons (Fsp3) is 0.333. The van der Waals surface area contributed by atoms with E-state index in [-0.39, 0.29) is 0 Å². The molecule has 3 aromatic heterocycles. The number of nitrogens with zero attached hydrogens (tertiary/aromatic N) is 5. The number of nitrogens with one attached hydrogen (secondary N) is 3. The Morgan fingerprint density at radius 2 is 1.83 bits per heavy atom. The van der Waals surface area contributed by atoms with Crippen molar-refractivity contribution in [2.24, 2.45) is 0 Å². The highest BCUT2D eigenvalue weighted by molar-refractivity contribution is 7.71. The number of aromatic nitrogens is 5. The first-order chi connectivity index (χ1) is 20.4. The molecule has 2 aliphatic rings. The Kier molecular flexibility index (Phi) is 6.71. The van der Waals surface area contributed by atoms with Gasteiger partial charge in [-0.2, -0.15) is 9.97 Å². The van der Waals surface area contributed by atoms with Gasteiger partial charge in [0.15, 0.2) is 0 Å². The standard InChI is InChI=1S/C30H33N8O3P/c1-18-17-23(26-19(5-4-14-41-26)25(18)38-12-15-40-16-13-38)35-30-36-28-20(8-9-33-28)29(37-30)34-22-7-6-21-24(32-11-10-31-21)27(22)42(2,3)39/h6-11,17H,4-5,12-16H2,1-3H3,(H3,33,34,35,36,37). The topological polar surface area (TPSA) is 130 Å². The number of benzene rings is 2. The van der Waals surface area contributed by atoms with Crippen molar-refractivity contribution in [1.82, 2.24) is 24.9 Å². The predicted octanol–water partition coefficient (Wildman–Crippen LogP) is 5.11. The second-order valence-electron chi connectivity index (χ2n) is 11.1. The van der Waals surface area contributed by atoms with Crippen molar-refractivity contribution in [1.29, 1.82) is 0 Å². The molecule has 0 atom stereocenters. The predicted molar refractivity (Wildman–Crippen MR) is 167 cm³/mol. The van der Waals surface area contributed by atoms with Crippen LogP contribution in [0.2, 0.25) is 0 Å². The Hall–Kier alpha value is -4.21. The van der Waals surface area contributed by atoms with Gasteiger partial charge in [-0.25, -0.2) is 0 Å². The first kappa shape index (κ1) is 26.7. The number of morpholine rings is 1. The molecule has 5 heterocycles. The third-order valence-electron chi connectivity index (χ3n) is 7.75. The highest BCUT2D eigenvalue weighted by Crippen LogP contribution is 2.44. The third kappa shape index (κ3) is 4.82. The van der Waals surface area contributed by atoms with Gasteiger partial charge in [-0.05, 0) is 62.9 Å². The molecule has 0 bridgehead atoms. The molecule has 0 amide bonds. The lowest BCUT2D eigenvalue weighted by molar-refractivity contribution is 0.122. The number of aryl methyl sites for hydroxylation is 1. The lowest BCUT2D eigenvalue weighted by Gasteiger charge is -2.34. The summed E-state index contributed by atoms with van der Waals surface area (Å²) in [5, 5.41) is 8.36. The van der Waals surface area contributed by atoms with Crippen LogP contribution >= 0.6 is 7.14 Å². The zero-order valence-electron chi connectivity index (χ0n) is 23.9. The highest BCUT2D eigenvalue weighted by atomic mass is 31.2. The van der Waals surface area contributed by atoms with Crippen LogP contribution in [0.25, 0.3) is 22.1 Å². The molecule has 7 rings (SSSR count). The number of hydrogen-bond acceptors (Lipinski definition) is 10. The summed E-state index contributed by atoms with van der Waals surface area (Å²) in [6.45, 7) is 9.49. The molecule has 2 aliphatic heterocycles. The van der Waals surface area contributed by atoms with Gasteiger partial charge in [0.2, 0.25) is 5.95 Å². The number of ether oxygens (including phenoxy) is 2. The molecule has 0 spiro atoms. The Bertz CT molecular complexity index is 1860. The summed E-state index contributed by atoms with van der Waals surface area (Å²) < 4.78 is 25.4. The molecule has 0 saturated carbocycles. The fourth-order valence-corrected chi connectivity index (χ4v) is 7.40. The van der Waals surface area contributed by atoms with Crippen molar-refractivity contribution >= 4 is 63.3 Å². The molecule has 216 valence electrons.